The van der Waals surface area contributed by atoms with Crippen molar-refractivity contribution < 1.29 is 19.1 Å². The molecule has 0 aliphatic carbocycles. The van der Waals surface area contributed by atoms with Gasteiger partial charge in [0.15, 0.2) is 0 Å². The molecule has 0 spiro atoms. The molecule has 36 heavy (non-hydrogen) atoms. The molecule has 0 aromatic heterocycles. The number of carbonyl (C=O) groups is 3. The topological polar surface area (TPSA) is 130 Å². The maximum Gasteiger partial charge on any atom is 0.408 e. The number of nitrogens with one attached hydrogen (secondary N) is 1. The molecular formula is C26H32N6O4. The van der Waals surface area contributed by atoms with Gasteiger partial charge in [-0.1, -0.05) is 12.1 Å². The van der Waals surface area contributed by atoms with Gasteiger partial charge in [0.1, 0.15) is 17.7 Å². The fourth-order valence-corrected chi connectivity index (χ4v) is 5.31. The summed E-state index contributed by atoms with van der Waals surface area (Å²) in [6, 6.07) is 9.69. The third-order valence-corrected chi connectivity index (χ3v) is 6.89. The predicted molar refractivity (Wildman–Crippen MR) is 129 cm³/mol. The van der Waals surface area contributed by atoms with Gasteiger partial charge < -0.3 is 19.9 Å². The van der Waals surface area contributed by atoms with Crippen LogP contribution in [0.25, 0.3) is 0 Å². The Morgan fingerprint density at radius 3 is 2.72 bits per heavy atom. The number of alkyl carbamates (subject to hydrolysis) is 1. The normalized spacial score (nSPS) is 24.4. The first-order valence-corrected chi connectivity index (χ1v) is 12.3. The number of carbonyl (C=O) groups excluding carboxylic acids is 3. The lowest BCUT2D eigenvalue weighted by atomic mass is 10.1. The average molecular weight is 493 g/mol. The van der Waals surface area contributed by atoms with Gasteiger partial charge in [0.25, 0.3) is 0 Å². The van der Waals surface area contributed by atoms with Crippen LogP contribution in [-0.2, 0) is 20.9 Å². The molecule has 3 aliphatic rings. The number of nitriles is 2. The van der Waals surface area contributed by atoms with Gasteiger partial charge in [-0.05, 0) is 57.7 Å². The van der Waals surface area contributed by atoms with Gasteiger partial charge in [0, 0.05) is 32.2 Å². The highest BCUT2D eigenvalue weighted by Gasteiger charge is 2.50. The van der Waals surface area contributed by atoms with Gasteiger partial charge in [-0.3, -0.25) is 14.5 Å². The summed E-state index contributed by atoms with van der Waals surface area (Å²) in [4.78, 5) is 44.5. The minimum Gasteiger partial charge on any atom is -0.444 e. The lowest BCUT2D eigenvalue weighted by Crippen LogP contribution is -2.58. The van der Waals surface area contributed by atoms with Gasteiger partial charge in [-0.2, -0.15) is 10.5 Å². The van der Waals surface area contributed by atoms with Crippen molar-refractivity contribution in [1.29, 1.82) is 10.5 Å². The van der Waals surface area contributed by atoms with Gasteiger partial charge in [0.05, 0.1) is 23.7 Å². The summed E-state index contributed by atoms with van der Waals surface area (Å²) >= 11 is 0. The van der Waals surface area contributed by atoms with Crippen molar-refractivity contribution in [2.24, 2.45) is 0 Å². The number of hydrogen-bond donors (Lipinski definition) is 1. The van der Waals surface area contributed by atoms with Crippen LogP contribution in [0.2, 0.25) is 0 Å². The summed E-state index contributed by atoms with van der Waals surface area (Å²) in [5.74, 6) is -0.349. The molecule has 1 aromatic rings. The standard InChI is InChI=1S/C26H32N6O4/c1-26(2,3)36-25(35)29-21(23(33)31-9-5-8-19(31)13-28)16-30-15-20-11-22(30)24(34)32(20)14-18-7-4-6-17(10-18)12-27/h4,6-7,10,19-22H,5,8-9,11,14-16H2,1-3H3,(H,29,35)/t19?,20-,21?,22-/m0/s1. The number of benzene rings is 1. The minimum atomic E-state index is -0.929. The van der Waals surface area contributed by atoms with E-state index in [0.717, 1.165) is 12.0 Å². The van der Waals surface area contributed by atoms with E-state index >= 15 is 0 Å². The molecule has 1 aromatic carbocycles. The molecule has 0 saturated carbocycles. The summed E-state index contributed by atoms with van der Waals surface area (Å²) in [7, 11) is 0. The molecule has 3 heterocycles. The number of piperazine rings is 1. The van der Waals surface area contributed by atoms with Crippen LogP contribution >= 0.6 is 0 Å². The molecule has 3 saturated heterocycles. The van der Waals surface area contributed by atoms with E-state index in [1.165, 1.54) is 4.90 Å². The molecule has 0 radical (unpaired) electrons. The van der Waals surface area contributed by atoms with Gasteiger partial charge >= 0.3 is 6.09 Å². The number of rotatable bonds is 6. The van der Waals surface area contributed by atoms with Crippen LogP contribution in [0.3, 0.4) is 0 Å². The zero-order chi connectivity index (χ0) is 26.0. The van der Waals surface area contributed by atoms with Crippen LogP contribution in [-0.4, -0.2) is 82.0 Å². The number of fused-ring (bicyclic) bond motifs is 2. The maximum atomic E-state index is 13.4. The summed E-state index contributed by atoms with van der Waals surface area (Å²) in [6.07, 6.45) is 1.28. The van der Waals surface area contributed by atoms with Crippen molar-refractivity contribution in [1.82, 2.24) is 20.0 Å². The molecule has 1 N–H and O–H groups in total. The fraction of sp³-hybridized carbons (Fsp3) is 0.577. The molecule has 3 fully saturated rings. The van der Waals surface area contributed by atoms with Gasteiger partial charge in [-0.15, -0.1) is 0 Å². The second-order valence-corrected chi connectivity index (χ2v) is 10.7. The van der Waals surface area contributed by atoms with Crippen LogP contribution < -0.4 is 5.32 Å². The molecule has 2 unspecified atom stereocenters. The van der Waals surface area contributed by atoms with E-state index in [-0.39, 0.29) is 30.4 Å². The smallest absolute Gasteiger partial charge is 0.408 e. The SMILES string of the molecule is CC(C)(C)OC(=O)NC(CN1C[C@@H]2C[C@H]1C(=O)N2Cc1cccc(C#N)c1)C(=O)N1CCCC1C#N. The molecular weight excluding hydrogens is 460 g/mol. The van der Waals surface area contributed by atoms with Crippen LogP contribution in [0, 0.1) is 22.7 Å². The van der Waals surface area contributed by atoms with E-state index in [4.69, 9.17) is 10.00 Å². The van der Waals surface area contributed by atoms with E-state index in [0.29, 0.717) is 38.0 Å². The van der Waals surface area contributed by atoms with Crippen molar-refractivity contribution >= 4 is 17.9 Å². The molecule has 10 heteroatoms. The third kappa shape index (κ3) is 5.44. The largest absolute Gasteiger partial charge is 0.444 e. The van der Waals surface area contributed by atoms with Crippen molar-refractivity contribution in [3.63, 3.8) is 0 Å². The lowest BCUT2D eigenvalue weighted by molar-refractivity contribution is -0.140. The number of amides is 3. The quantitative estimate of drug-likeness (QED) is 0.640. The first-order chi connectivity index (χ1) is 17.1. The van der Waals surface area contributed by atoms with E-state index in [9.17, 15) is 19.6 Å². The number of nitrogens with zero attached hydrogens (tertiary/aromatic N) is 5. The van der Waals surface area contributed by atoms with Gasteiger partial charge in [0.2, 0.25) is 11.8 Å². The molecule has 2 bridgehead atoms. The Balaban J connectivity index is 1.45. The molecule has 4 atom stereocenters. The third-order valence-electron chi connectivity index (χ3n) is 6.89. The second-order valence-electron chi connectivity index (χ2n) is 10.7. The van der Waals surface area contributed by atoms with E-state index in [2.05, 4.69) is 17.5 Å². The van der Waals surface area contributed by atoms with Crippen LogP contribution in [0.5, 0.6) is 0 Å². The monoisotopic (exact) mass is 492 g/mol. The Bertz CT molecular complexity index is 1120. The van der Waals surface area contributed by atoms with E-state index in [1.54, 1.807) is 32.9 Å². The Hall–Kier alpha value is -3.63. The summed E-state index contributed by atoms with van der Waals surface area (Å²) in [5.41, 5.74) is 0.725. The highest BCUT2D eigenvalue weighted by Crippen LogP contribution is 2.33. The fourth-order valence-electron chi connectivity index (χ4n) is 5.31. The highest BCUT2D eigenvalue weighted by atomic mass is 16.6. The second kappa shape index (κ2) is 10.2. The number of likely N-dealkylation sites (tertiary alicyclic amines) is 3. The molecule has 10 nitrogen and oxygen atoms in total. The van der Waals surface area contributed by atoms with Crippen molar-refractivity contribution in [3.05, 3.63) is 35.4 Å². The van der Waals surface area contributed by atoms with E-state index in [1.807, 2.05) is 21.9 Å². The van der Waals surface area contributed by atoms with E-state index < -0.39 is 23.8 Å². The Labute approximate surface area is 211 Å². The molecule has 4 rings (SSSR count). The zero-order valence-corrected chi connectivity index (χ0v) is 20.9. The first-order valence-electron chi connectivity index (χ1n) is 12.3. The Morgan fingerprint density at radius 1 is 1.28 bits per heavy atom. The summed E-state index contributed by atoms with van der Waals surface area (Å²) < 4.78 is 5.38. The average Bonchev–Trinajstić information content (AvgIpc) is 3.53. The molecule has 3 amide bonds. The van der Waals surface area contributed by atoms with Crippen LogP contribution in [0.1, 0.15) is 51.2 Å². The molecule has 190 valence electrons. The zero-order valence-electron chi connectivity index (χ0n) is 20.9. The predicted octanol–water partition coefficient (Wildman–Crippen LogP) is 1.75. The highest BCUT2D eigenvalue weighted by molar-refractivity contribution is 5.88. The lowest BCUT2D eigenvalue weighted by Gasteiger charge is -2.36. The van der Waals surface area contributed by atoms with Gasteiger partial charge in [-0.25, -0.2) is 4.79 Å². The summed E-state index contributed by atoms with van der Waals surface area (Å²) in [6.45, 7) is 6.87. The van der Waals surface area contributed by atoms with Crippen LogP contribution in [0.15, 0.2) is 24.3 Å². The van der Waals surface area contributed by atoms with Crippen molar-refractivity contribution in [3.8, 4) is 12.1 Å². The Kier molecular flexibility index (Phi) is 7.18. The van der Waals surface area contributed by atoms with Crippen LogP contribution in [0.4, 0.5) is 4.79 Å². The number of hydrogen-bond acceptors (Lipinski definition) is 7. The Morgan fingerprint density at radius 2 is 2.06 bits per heavy atom. The minimum absolute atomic E-state index is 0.0100. The first kappa shape index (κ1) is 25.5. The maximum absolute atomic E-state index is 13.4. The summed E-state index contributed by atoms with van der Waals surface area (Å²) in [5, 5.41) is 21.3. The number of ether oxygens (including phenoxy) is 1. The van der Waals surface area contributed by atoms with Crippen molar-refractivity contribution in [2.75, 3.05) is 19.6 Å². The van der Waals surface area contributed by atoms with Crippen molar-refractivity contribution in [2.45, 2.75) is 76.3 Å². The molecule has 3 aliphatic heterocycles.